The van der Waals surface area contributed by atoms with Crippen molar-refractivity contribution < 1.29 is 24.0 Å². The number of ether oxygens (including phenoxy) is 1. The number of carbonyl (C=O) groups excluding carboxylic acids is 3. The second kappa shape index (κ2) is 6.82. The van der Waals surface area contributed by atoms with Gasteiger partial charge >= 0.3 is 0 Å². The highest BCUT2D eigenvalue weighted by Crippen LogP contribution is 2.51. The molecule has 32 heavy (non-hydrogen) atoms. The molecule has 2 aromatic rings. The second-order valence-electron chi connectivity index (χ2n) is 9.11. The van der Waals surface area contributed by atoms with Crippen molar-refractivity contribution in [2.45, 2.75) is 32.6 Å². The number of Topliss-reactive ketones (excluding diaryl/α,β-unsaturated/α-hetero) is 3. The molecule has 0 bridgehead atoms. The number of hydrogen-bond donors (Lipinski definition) is 0. The Hall–Kier alpha value is -3.87. The minimum Gasteiger partial charge on any atom is -0.457 e. The monoisotopic (exact) mass is 429 g/mol. The standard InChI is InChI=1S/C25H19NO6/c1-25(2)11-17(27)20-18(12-25)32-24-21(19(20)13-7-9-14(10-8-13)26(30)31)22(28)15-5-3-4-6-16(15)23(24)29/h3-10,19H,11-12H2,1-2H3. The van der Waals surface area contributed by atoms with Gasteiger partial charge in [-0.25, -0.2) is 0 Å². The van der Waals surface area contributed by atoms with Gasteiger partial charge in [-0.3, -0.25) is 24.5 Å². The van der Waals surface area contributed by atoms with Gasteiger partial charge in [-0.15, -0.1) is 0 Å². The van der Waals surface area contributed by atoms with Gasteiger partial charge in [0.05, 0.1) is 10.5 Å². The van der Waals surface area contributed by atoms with Crippen LogP contribution in [0, 0.1) is 15.5 Å². The van der Waals surface area contributed by atoms with E-state index in [4.69, 9.17) is 4.74 Å². The van der Waals surface area contributed by atoms with Crippen LogP contribution in [0.15, 0.2) is 71.2 Å². The topological polar surface area (TPSA) is 104 Å². The molecule has 1 heterocycles. The zero-order chi connectivity index (χ0) is 22.8. The van der Waals surface area contributed by atoms with Crippen molar-refractivity contribution in [1.82, 2.24) is 0 Å². The Balaban J connectivity index is 1.74. The van der Waals surface area contributed by atoms with E-state index in [-0.39, 0.29) is 51.5 Å². The Morgan fingerprint density at radius 2 is 1.53 bits per heavy atom. The smallest absolute Gasteiger partial charge is 0.269 e. The van der Waals surface area contributed by atoms with Crippen LogP contribution < -0.4 is 0 Å². The lowest BCUT2D eigenvalue weighted by Gasteiger charge is -2.39. The molecule has 0 N–H and O–H groups in total. The molecule has 0 fully saturated rings. The number of nitro benzene ring substituents is 1. The van der Waals surface area contributed by atoms with Gasteiger partial charge in [-0.05, 0) is 11.0 Å². The summed E-state index contributed by atoms with van der Waals surface area (Å²) in [6.45, 7) is 3.90. The van der Waals surface area contributed by atoms with Gasteiger partial charge in [0.2, 0.25) is 5.78 Å². The van der Waals surface area contributed by atoms with Crippen LogP contribution in [-0.2, 0) is 9.53 Å². The Labute approximate surface area is 183 Å². The Bertz CT molecular complexity index is 1300. The lowest BCUT2D eigenvalue weighted by Crippen LogP contribution is -2.37. The van der Waals surface area contributed by atoms with Gasteiger partial charge in [-0.2, -0.15) is 0 Å². The molecular weight excluding hydrogens is 410 g/mol. The van der Waals surface area contributed by atoms with E-state index in [1.165, 1.54) is 24.3 Å². The molecule has 1 atom stereocenters. The summed E-state index contributed by atoms with van der Waals surface area (Å²) in [6.07, 6.45) is 0.720. The van der Waals surface area contributed by atoms with Gasteiger partial charge in [0.25, 0.3) is 5.69 Å². The third-order valence-corrected chi connectivity index (χ3v) is 6.23. The van der Waals surface area contributed by atoms with Crippen LogP contribution in [0.1, 0.15) is 58.9 Å². The molecule has 2 aromatic carbocycles. The maximum absolute atomic E-state index is 13.5. The SMILES string of the molecule is CC1(C)CC(=O)C2=C(C1)OC1=C(C(=O)c3ccccc3C1=O)C2c1ccc([N+](=O)[O-])cc1. The van der Waals surface area contributed by atoms with Crippen LogP contribution in [0.25, 0.3) is 0 Å². The van der Waals surface area contributed by atoms with Gasteiger partial charge in [0.1, 0.15) is 5.76 Å². The fraction of sp³-hybridized carbons (Fsp3) is 0.240. The molecule has 160 valence electrons. The lowest BCUT2D eigenvalue weighted by molar-refractivity contribution is -0.384. The summed E-state index contributed by atoms with van der Waals surface area (Å²) < 4.78 is 6.01. The molecule has 0 saturated heterocycles. The number of nitrogens with zero attached hydrogens (tertiary/aromatic N) is 1. The largest absolute Gasteiger partial charge is 0.457 e. The summed E-state index contributed by atoms with van der Waals surface area (Å²) in [5, 5.41) is 11.1. The van der Waals surface area contributed by atoms with E-state index in [1.807, 2.05) is 13.8 Å². The first kappa shape index (κ1) is 20.1. The lowest BCUT2D eigenvalue weighted by atomic mass is 9.67. The molecule has 5 rings (SSSR count). The quantitative estimate of drug-likeness (QED) is 0.507. The van der Waals surface area contributed by atoms with Crippen molar-refractivity contribution in [2.24, 2.45) is 5.41 Å². The summed E-state index contributed by atoms with van der Waals surface area (Å²) in [4.78, 5) is 50.7. The van der Waals surface area contributed by atoms with Gasteiger partial charge in [0.15, 0.2) is 17.3 Å². The molecule has 7 nitrogen and oxygen atoms in total. The number of fused-ring (bicyclic) bond motifs is 1. The van der Waals surface area contributed by atoms with E-state index >= 15 is 0 Å². The predicted octanol–water partition coefficient (Wildman–Crippen LogP) is 4.69. The highest BCUT2D eigenvalue weighted by molar-refractivity contribution is 6.27. The first-order chi connectivity index (χ1) is 15.2. The van der Waals surface area contributed by atoms with Crippen molar-refractivity contribution in [3.05, 3.63) is 98.0 Å². The highest BCUT2D eigenvalue weighted by atomic mass is 16.6. The normalized spacial score (nSPS) is 21.6. The molecule has 7 heteroatoms. The van der Waals surface area contributed by atoms with E-state index < -0.39 is 16.6 Å². The number of nitro groups is 1. The van der Waals surface area contributed by atoms with Crippen molar-refractivity contribution in [2.75, 3.05) is 0 Å². The van der Waals surface area contributed by atoms with Crippen molar-refractivity contribution in [3.8, 4) is 0 Å². The van der Waals surface area contributed by atoms with Crippen LogP contribution in [-0.4, -0.2) is 22.3 Å². The first-order valence-corrected chi connectivity index (χ1v) is 10.3. The van der Waals surface area contributed by atoms with Crippen molar-refractivity contribution in [1.29, 1.82) is 0 Å². The van der Waals surface area contributed by atoms with Crippen LogP contribution in [0.3, 0.4) is 0 Å². The van der Waals surface area contributed by atoms with E-state index in [2.05, 4.69) is 0 Å². The zero-order valence-electron chi connectivity index (χ0n) is 17.5. The Morgan fingerprint density at radius 3 is 2.16 bits per heavy atom. The summed E-state index contributed by atoms with van der Waals surface area (Å²) >= 11 is 0. The van der Waals surface area contributed by atoms with E-state index in [9.17, 15) is 24.5 Å². The average Bonchev–Trinajstić information content (AvgIpc) is 2.75. The third kappa shape index (κ3) is 2.92. The number of rotatable bonds is 2. The fourth-order valence-corrected chi connectivity index (χ4v) is 4.82. The maximum atomic E-state index is 13.5. The van der Waals surface area contributed by atoms with E-state index in [0.29, 0.717) is 23.3 Å². The summed E-state index contributed by atoms with van der Waals surface area (Å²) in [5.74, 6) is -1.39. The Morgan fingerprint density at radius 1 is 0.906 bits per heavy atom. The predicted molar refractivity (Wildman–Crippen MR) is 114 cm³/mol. The first-order valence-electron chi connectivity index (χ1n) is 10.3. The van der Waals surface area contributed by atoms with Gasteiger partial charge < -0.3 is 4.74 Å². The minimum absolute atomic E-state index is 0.0543. The van der Waals surface area contributed by atoms with Gasteiger partial charge in [-0.1, -0.05) is 50.2 Å². The van der Waals surface area contributed by atoms with Crippen LogP contribution in [0.4, 0.5) is 5.69 Å². The van der Waals surface area contributed by atoms with Crippen LogP contribution in [0.5, 0.6) is 0 Å². The van der Waals surface area contributed by atoms with Crippen LogP contribution in [0.2, 0.25) is 0 Å². The molecule has 0 spiro atoms. The number of carbonyl (C=O) groups is 3. The molecule has 3 aliphatic rings. The number of benzene rings is 2. The summed E-state index contributed by atoms with van der Waals surface area (Å²) in [6, 6.07) is 12.3. The van der Waals surface area contributed by atoms with E-state index in [0.717, 1.165) is 0 Å². The molecular formula is C25H19NO6. The van der Waals surface area contributed by atoms with E-state index in [1.54, 1.807) is 24.3 Å². The highest BCUT2D eigenvalue weighted by Gasteiger charge is 2.48. The van der Waals surface area contributed by atoms with Crippen LogP contribution >= 0.6 is 0 Å². The van der Waals surface area contributed by atoms with Crippen molar-refractivity contribution >= 4 is 23.0 Å². The maximum Gasteiger partial charge on any atom is 0.269 e. The minimum atomic E-state index is -0.817. The molecule has 0 aromatic heterocycles. The molecule has 1 aliphatic heterocycles. The summed E-state index contributed by atoms with van der Waals surface area (Å²) in [7, 11) is 0. The second-order valence-corrected chi connectivity index (χ2v) is 9.11. The third-order valence-electron chi connectivity index (χ3n) is 6.23. The van der Waals surface area contributed by atoms with Crippen molar-refractivity contribution in [3.63, 3.8) is 0 Å². The Kier molecular flexibility index (Phi) is 4.27. The molecule has 0 amide bonds. The number of hydrogen-bond acceptors (Lipinski definition) is 6. The number of non-ortho nitro benzene ring substituents is 1. The molecule has 0 saturated carbocycles. The molecule has 1 unspecified atom stereocenters. The molecule has 2 aliphatic carbocycles. The number of ketones is 3. The molecule has 0 radical (unpaired) electrons. The average molecular weight is 429 g/mol. The van der Waals surface area contributed by atoms with Gasteiger partial charge in [0, 0.05) is 47.6 Å². The summed E-state index contributed by atoms with van der Waals surface area (Å²) in [5.41, 5.74) is 1.09. The zero-order valence-corrected chi connectivity index (χ0v) is 17.5. The fourth-order valence-electron chi connectivity index (χ4n) is 4.82. The number of allylic oxidation sites excluding steroid dienone is 4.